The van der Waals surface area contributed by atoms with Gasteiger partial charge in [-0.25, -0.2) is 0 Å². The summed E-state index contributed by atoms with van der Waals surface area (Å²) in [5.74, 6) is 0.826. The number of hydrogen-bond donors (Lipinski definition) is 1. The van der Waals surface area contributed by atoms with E-state index in [1.807, 2.05) is 57.2 Å². The summed E-state index contributed by atoms with van der Waals surface area (Å²) in [7, 11) is 0. The van der Waals surface area contributed by atoms with Crippen LogP contribution in [0.1, 0.15) is 43.0 Å². The van der Waals surface area contributed by atoms with Crippen molar-refractivity contribution in [3.63, 3.8) is 0 Å². The molecule has 0 aromatic heterocycles. The molecule has 0 unspecified atom stereocenters. The van der Waals surface area contributed by atoms with Crippen molar-refractivity contribution in [2.45, 2.75) is 45.3 Å². The standard InChI is InChI=1S/C20H22ClNO2/c1-13-8-9-15-17(12-20(2,3)24-18(15)10-13)22-19(23)11-14-6-4-5-7-16(14)21/h4-10,17H,11-12H2,1-3H3,(H,22,23)/t17-/m1/s1. The van der Waals surface area contributed by atoms with Gasteiger partial charge in [0.2, 0.25) is 5.91 Å². The summed E-state index contributed by atoms with van der Waals surface area (Å²) in [5.41, 5.74) is 2.70. The van der Waals surface area contributed by atoms with E-state index in [4.69, 9.17) is 16.3 Å². The van der Waals surface area contributed by atoms with E-state index in [1.165, 1.54) is 0 Å². The highest BCUT2D eigenvalue weighted by Gasteiger charge is 2.34. The number of hydrogen-bond acceptors (Lipinski definition) is 2. The predicted molar refractivity (Wildman–Crippen MR) is 96.5 cm³/mol. The first-order valence-corrected chi connectivity index (χ1v) is 8.54. The number of rotatable bonds is 3. The number of aryl methyl sites for hydroxylation is 1. The van der Waals surface area contributed by atoms with Gasteiger partial charge in [0.1, 0.15) is 11.4 Å². The number of halogens is 1. The molecule has 3 rings (SSSR count). The maximum absolute atomic E-state index is 12.5. The fourth-order valence-electron chi connectivity index (χ4n) is 3.15. The van der Waals surface area contributed by atoms with Crippen LogP contribution in [0.15, 0.2) is 42.5 Å². The van der Waals surface area contributed by atoms with Gasteiger partial charge >= 0.3 is 0 Å². The van der Waals surface area contributed by atoms with Gasteiger partial charge in [-0.1, -0.05) is 41.9 Å². The minimum Gasteiger partial charge on any atom is -0.487 e. The van der Waals surface area contributed by atoms with E-state index in [2.05, 4.69) is 5.32 Å². The van der Waals surface area contributed by atoms with Crippen LogP contribution in [-0.4, -0.2) is 11.5 Å². The molecule has 1 N–H and O–H groups in total. The summed E-state index contributed by atoms with van der Waals surface area (Å²) in [6.45, 7) is 6.13. The van der Waals surface area contributed by atoms with Gasteiger partial charge in [0.25, 0.3) is 0 Å². The third kappa shape index (κ3) is 3.73. The number of amides is 1. The molecule has 0 bridgehead atoms. The van der Waals surface area contributed by atoms with Crippen molar-refractivity contribution in [3.8, 4) is 5.75 Å². The van der Waals surface area contributed by atoms with Gasteiger partial charge in [-0.15, -0.1) is 0 Å². The van der Waals surface area contributed by atoms with Gasteiger partial charge in [0.15, 0.2) is 0 Å². The van der Waals surface area contributed by atoms with Gasteiger partial charge in [0, 0.05) is 17.0 Å². The summed E-state index contributed by atoms with van der Waals surface area (Å²) in [4.78, 5) is 12.5. The Kier molecular flexibility index (Phi) is 4.55. The second-order valence-electron chi connectivity index (χ2n) is 7.00. The summed E-state index contributed by atoms with van der Waals surface area (Å²) in [6, 6.07) is 13.5. The smallest absolute Gasteiger partial charge is 0.224 e. The molecule has 2 aromatic rings. The van der Waals surface area contributed by atoms with Gasteiger partial charge in [0.05, 0.1) is 12.5 Å². The first-order chi connectivity index (χ1) is 11.3. The zero-order valence-corrected chi connectivity index (χ0v) is 15.0. The van der Waals surface area contributed by atoms with Crippen LogP contribution in [0.3, 0.4) is 0 Å². The topological polar surface area (TPSA) is 38.3 Å². The Bertz CT molecular complexity index is 770. The molecule has 0 aliphatic carbocycles. The van der Waals surface area contributed by atoms with E-state index in [0.717, 1.165) is 28.9 Å². The largest absolute Gasteiger partial charge is 0.487 e. The number of benzene rings is 2. The Morgan fingerprint density at radius 2 is 2.04 bits per heavy atom. The molecule has 2 aromatic carbocycles. The molecule has 3 nitrogen and oxygen atoms in total. The fraction of sp³-hybridized carbons (Fsp3) is 0.350. The third-order valence-electron chi connectivity index (χ3n) is 4.27. The molecule has 0 radical (unpaired) electrons. The molecule has 0 spiro atoms. The lowest BCUT2D eigenvalue weighted by Crippen LogP contribution is -2.41. The van der Waals surface area contributed by atoms with Crippen LogP contribution in [0.25, 0.3) is 0 Å². The first kappa shape index (κ1) is 16.8. The number of nitrogens with one attached hydrogen (secondary N) is 1. The van der Waals surface area contributed by atoms with Gasteiger partial charge in [-0.3, -0.25) is 4.79 Å². The van der Waals surface area contributed by atoms with Crippen molar-refractivity contribution < 1.29 is 9.53 Å². The van der Waals surface area contributed by atoms with Gasteiger partial charge in [-0.05, 0) is 44.0 Å². The van der Waals surface area contributed by atoms with E-state index in [0.29, 0.717) is 5.02 Å². The zero-order chi connectivity index (χ0) is 17.3. The van der Waals surface area contributed by atoms with Crippen LogP contribution < -0.4 is 10.1 Å². The van der Waals surface area contributed by atoms with Crippen LogP contribution in [0.4, 0.5) is 0 Å². The van der Waals surface area contributed by atoms with E-state index < -0.39 is 0 Å². The van der Waals surface area contributed by atoms with Crippen LogP contribution in [0.5, 0.6) is 5.75 Å². The van der Waals surface area contributed by atoms with E-state index in [-0.39, 0.29) is 24.0 Å². The molecule has 1 heterocycles. The minimum absolute atomic E-state index is 0.0303. The Morgan fingerprint density at radius 1 is 1.29 bits per heavy atom. The Balaban J connectivity index is 1.79. The number of ether oxygens (including phenoxy) is 1. The molecular formula is C20H22ClNO2. The van der Waals surface area contributed by atoms with Gasteiger partial charge < -0.3 is 10.1 Å². The molecular weight excluding hydrogens is 322 g/mol. The zero-order valence-electron chi connectivity index (χ0n) is 14.2. The molecule has 24 heavy (non-hydrogen) atoms. The number of fused-ring (bicyclic) bond motifs is 1. The molecule has 1 atom stereocenters. The molecule has 1 amide bonds. The average molecular weight is 344 g/mol. The van der Waals surface area contributed by atoms with Crippen molar-refractivity contribution in [2.24, 2.45) is 0 Å². The molecule has 4 heteroatoms. The summed E-state index contributed by atoms with van der Waals surface area (Å²) >= 11 is 6.15. The van der Waals surface area contributed by atoms with Crippen molar-refractivity contribution in [2.75, 3.05) is 0 Å². The van der Waals surface area contributed by atoms with Crippen molar-refractivity contribution >= 4 is 17.5 Å². The van der Waals surface area contributed by atoms with Crippen LogP contribution in [-0.2, 0) is 11.2 Å². The van der Waals surface area contributed by atoms with E-state index in [9.17, 15) is 4.79 Å². The van der Waals surface area contributed by atoms with Crippen LogP contribution in [0, 0.1) is 6.92 Å². The van der Waals surface area contributed by atoms with Crippen LogP contribution >= 0.6 is 11.6 Å². The van der Waals surface area contributed by atoms with Gasteiger partial charge in [-0.2, -0.15) is 0 Å². The highest BCUT2D eigenvalue weighted by molar-refractivity contribution is 6.31. The third-order valence-corrected chi connectivity index (χ3v) is 4.64. The summed E-state index contributed by atoms with van der Waals surface area (Å²) in [5, 5.41) is 3.77. The molecule has 0 fully saturated rings. The molecule has 0 saturated carbocycles. The maximum Gasteiger partial charge on any atom is 0.224 e. The van der Waals surface area contributed by atoms with Crippen LogP contribution in [0.2, 0.25) is 5.02 Å². The van der Waals surface area contributed by atoms with E-state index in [1.54, 1.807) is 6.07 Å². The average Bonchev–Trinajstić information content (AvgIpc) is 2.48. The normalized spacial score (nSPS) is 18.4. The van der Waals surface area contributed by atoms with E-state index >= 15 is 0 Å². The Hall–Kier alpha value is -2.00. The minimum atomic E-state index is -0.316. The Morgan fingerprint density at radius 3 is 2.79 bits per heavy atom. The lowest BCUT2D eigenvalue weighted by Gasteiger charge is -2.38. The number of carbonyl (C=O) groups excluding carboxylic acids is 1. The highest BCUT2D eigenvalue weighted by Crippen LogP contribution is 2.39. The summed E-state index contributed by atoms with van der Waals surface area (Å²) in [6.07, 6.45) is 1.01. The highest BCUT2D eigenvalue weighted by atomic mass is 35.5. The molecule has 1 aliphatic rings. The maximum atomic E-state index is 12.5. The fourth-order valence-corrected chi connectivity index (χ4v) is 3.35. The molecule has 126 valence electrons. The molecule has 0 saturated heterocycles. The Labute approximate surface area is 148 Å². The lowest BCUT2D eigenvalue weighted by molar-refractivity contribution is -0.121. The van der Waals surface area contributed by atoms with Crippen molar-refractivity contribution in [3.05, 3.63) is 64.2 Å². The lowest BCUT2D eigenvalue weighted by atomic mass is 9.89. The predicted octanol–water partition coefficient (Wildman–Crippen LogP) is 4.61. The number of carbonyl (C=O) groups is 1. The SMILES string of the molecule is Cc1ccc2c(c1)OC(C)(C)C[C@H]2NC(=O)Cc1ccccc1Cl. The van der Waals surface area contributed by atoms with Crippen molar-refractivity contribution in [1.82, 2.24) is 5.32 Å². The molecule has 1 aliphatic heterocycles. The summed E-state index contributed by atoms with van der Waals surface area (Å²) < 4.78 is 6.08. The quantitative estimate of drug-likeness (QED) is 0.883. The second-order valence-corrected chi connectivity index (χ2v) is 7.40. The second kappa shape index (κ2) is 6.48. The monoisotopic (exact) mass is 343 g/mol. The first-order valence-electron chi connectivity index (χ1n) is 8.16. The van der Waals surface area contributed by atoms with Crippen molar-refractivity contribution in [1.29, 1.82) is 0 Å².